The van der Waals surface area contributed by atoms with Gasteiger partial charge < -0.3 is 24.6 Å². The topological polar surface area (TPSA) is 71.1 Å². The number of hydrogen-bond donors (Lipinski definition) is 1. The van der Waals surface area contributed by atoms with Gasteiger partial charge in [-0.25, -0.2) is 9.18 Å². The number of ether oxygens (including phenoxy) is 2. The molecule has 4 rings (SSSR count). The Hall–Kier alpha value is -2.35. The van der Waals surface area contributed by atoms with Gasteiger partial charge in [0.25, 0.3) is 5.91 Å². The van der Waals surface area contributed by atoms with E-state index in [1.165, 1.54) is 12.5 Å². The Balaban J connectivity index is 1.40. The molecular formula is C29H44FN3O4. The van der Waals surface area contributed by atoms with Gasteiger partial charge in [-0.1, -0.05) is 32.1 Å². The Kier molecular flexibility index (Phi) is 8.66. The summed E-state index contributed by atoms with van der Waals surface area (Å²) in [7, 11) is 0. The summed E-state index contributed by atoms with van der Waals surface area (Å²) in [5, 5.41) is 2.96. The Morgan fingerprint density at radius 1 is 1.16 bits per heavy atom. The predicted molar refractivity (Wildman–Crippen MR) is 142 cm³/mol. The molecule has 0 bridgehead atoms. The maximum atomic E-state index is 13.8. The fourth-order valence-electron chi connectivity index (χ4n) is 6.36. The Labute approximate surface area is 221 Å². The van der Waals surface area contributed by atoms with E-state index in [-0.39, 0.29) is 35.5 Å². The fourth-order valence-corrected chi connectivity index (χ4v) is 6.36. The Bertz CT molecular complexity index is 954. The van der Waals surface area contributed by atoms with Crippen LogP contribution in [0.15, 0.2) is 18.2 Å². The molecule has 3 aliphatic rings. The summed E-state index contributed by atoms with van der Waals surface area (Å²) in [5.41, 5.74) is 1.78. The molecule has 0 aromatic heterocycles. The minimum absolute atomic E-state index is 0.0444. The second kappa shape index (κ2) is 11.6. The zero-order valence-electron chi connectivity index (χ0n) is 23.1. The normalized spacial score (nSPS) is 25.4. The molecule has 4 atom stereocenters. The molecule has 8 heteroatoms. The number of alkyl carbamates (subject to hydrolysis) is 1. The minimum Gasteiger partial charge on any atom is -0.436 e. The van der Waals surface area contributed by atoms with Gasteiger partial charge in [-0.05, 0) is 77.1 Å². The van der Waals surface area contributed by atoms with Gasteiger partial charge >= 0.3 is 6.09 Å². The summed E-state index contributed by atoms with van der Waals surface area (Å²) in [5.74, 6) is 0.0435. The van der Waals surface area contributed by atoms with E-state index in [9.17, 15) is 14.0 Å². The summed E-state index contributed by atoms with van der Waals surface area (Å²) in [4.78, 5) is 30.6. The molecule has 1 saturated carbocycles. The molecule has 2 aliphatic heterocycles. The number of amides is 2. The SMILES string of the molecule is C[C@@H]1CN(C(=O)C(CC2CCCCC2)OC(=O)N[C@@H](C)CN2c3ccc(F)cc3CC2(C)C)C[C@H](C)O1. The predicted octanol–water partition coefficient (Wildman–Crippen LogP) is 5.06. The average Bonchev–Trinajstić information content (AvgIpc) is 3.06. The molecule has 1 aromatic rings. The first-order chi connectivity index (χ1) is 17.5. The number of nitrogens with one attached hydrogen (secondary N) is 1. The zero-order valence-corrected chi connectivity index (χ0v) is 23.1. The second-order valence-electron chi connectivity index (χ2n) is 12.1. The number of fused-ring (bicyclic) bond motifs is 1. The van der Waals surface area contributed by atoms with E-state index >= 15 is 0 Å². The van der Waals surface area contributed by atoms with Crippen molar-refractivity contribution in [3.05, 3.63) is 29.6 Å². The van der Waals surface area contributed by atoms with Crippen molar-refractivity contribution in [2.75, 3.05) is 24.5 Å². The van der Waals surface area contributed by atoms with E-state index in [0.29, 0.717) is 32.0 Å². The van der Waals surface area contributed by atoms with Crippen molar-refractivity contribution in [1.29, 1.82) is 0 Å². The van der Waals surface area contributed by atoms with E-state index in [1.54, 1.807) is 11.0 Å². The smallest absolute Gasteiger partial charge is 0.408 e. The van der Waals surface area contributed by atoms with Crippen LogP contribution in [0, 0.1) is 11.7 Å². The molecule has 7 nitrogen and oxygen atoms in total. The second-order valence-corrected chi connectivity index (χ2v) is 12.1. The molecule has 206 valence electrons. The number of rotatable bonds is 7. The van der Waals surface area contributed by atoms with Gasteiger partial charge in [0.15, 0.2) is 6.10 Å². The molecule has 1 N–H and O–H groups in total. The van der Waals surface area contributed by atoms with Crippen LogP contribution >= 0.6 is 0 Å². The van der Waals surface area contributed by atoms with Crippen molar-refractivity contribution < 1.29 is 23.5 Å². The van der Waals surface area contributed by atoms with Crippen molar-refractivity contribution in [2.24, 2.45) is 5.92 Å². The third kappa shape index (κ3) is 6.95. The number of halogens is 1. The lowest BCUT2D eigenvalue weighted by atomic mass is 9.85. The highest BCUT2D eigenvalue weighted by atomic mass is 19.1. The van der Waals surface area contributed by atoms with E-state index in [2.05, 4.69) is 24.1 Å². The van der Waals surface area contributed by atoms with E-state index in [4.69, 9.17) is 9.47 Å². The van der Waals surface area contributed by atoms with Crippen LogP contribution in [0.1, 0.15) is 78.7 Å². The van der Waals surface area contributed by atoms with Crippen LogP contribution in [0.4, 0.5) is 14.9 Å². The molecule has 37 heavy (non-hydrogen) atoms. The monoisotopic (exact) mass is 517 g/mol. The Morgan fingerprint density at radius 3 is 2.51 bits per heavy atom. The van der Waals surface area contributed by atoms with Crippen LogP contribution in [0.3, 0.4) is 0 Å². The molecule has 0 spiro atoms. The number of anilines is 1. The third-order valence-electron chi connectivity index (χ3n) is 8.03. The number of carbonyl (C=O) groups excluding carboxylic acids is 2. The van der Waals surface area contributed by atoms with Gasteiger partial charge in [0, 0.05) is 36.9 Å². The van der Waals surface area contributed by atoms with Gasteiger partial charge in [-0.15, -0.1) is 0 Å². The van der Waals surface area contributed by atoms with Crippen molar-refractivity contribution >= 4 is 17.7 Å². The van der Waals surface area contributed by atoms with Crippen molar-refractivity contribution in [2.45, 2.75) is 109 Å². The van der Waals surface area contributed by atoms with Crippen LogP contribution in [0.5, 0.6) is 0 Å². The summed E-state index contributed by atoms with van der Waals surface area (Å²) in [6.07, 6.45) is 5.58. The molecule has 2 amide bonds. The van der Waals surface area contributed by atoms with Gasteiger partial charge in [0.1, 0.15) is 5.82 Å². The molecule has 1 aliphatic carbocycles. The standard InChI is InChI=1S/C29H44FN3O4/c1-19(16-33-25-12-11-24(30)14-23(25)15-29(33,4)5)31-28(35)37-26(13-22-9-7-6-8-10-22)27(34)32-17-20(2)36-21(3)18-32/h11-12,14,19-22,26H,6-10,13,15-18H2,1-5H3,(H,31,35)/t19-,20-,21+,26?/m0/s1. The first-order valence-electron chi connectivity index (χ1n) is 14.0. The van der Waals surface area contributed by atoms with Crippen molar-refractivity contribution in [1.82, 2.24) is 10.2 Å². The molecule has 1 saturated heterocycles. The highest BCUT2D eigenvalue weighted by molar-refractivity contribution is 5.83. The maximum Gasteiger partial charge on any atom is 0.408 e. The van der Waals surface area contributed by atoms with E-state index < -0.39 is 12.2 Å². The largest absolute Gasteiger partial charge is 0.436 e. The molecule has 2 heterocycles. The van der Waals surface area contributed by atoms with Gasteiger partial charge in [0.05, 0.1) is 12.2 Å². The molecule has 2 fully saturated rings. The van der Waals surface area contributed by atoms with Crippen LogP contribution in [0.2, 0.25) is 0 Å². The third-order valence-corrected chi connectivity index (χ3v) is 8.03. The number of morpholine rings is 1. The van der Waals surface area contributed by atoms with Gasteiger partial charge in [0.2, 0.25) is 0 Å². The fraction of sp³-hybridized carbons (Fsp3) is 0.724. The summed E-state index contributed by atoms with van der Waals surface area (Å²) >= 11 is 0. The molecule has 0 radical (unpaired) electrons. The van der Waals surface area contributed by atoms with Gasteiger partial charge in [-0.2, -0.15) is 0 Å². The van der Waals surface area contributed by atoms with Crippen LogP contribution in [0.25, 0.3) is 0 Å². The van der Waals surface area contributed by atoms with Crippen molar-refractivity contribution in [3.8, 4) is 0 Å². The highest BCUT2D eigenvalue weighted by Gasteiger charge is 2.38. The number of nitrogens with zero attached hydrogens (tertiary/aromatic N) is 2. The lowest BCUT2D eigenvalue weighted by molar-refractivity contribution is -0.153. The minimum atomic E-state index is -0.792. The van der Waals surface area contributed by atoms with Crippen molar-refractivity contribution in [3.63, 3.8) is 0 Å². The lowest BCUT2D eigenvalue weighted by Crippen LogP contribution is -2.53. The van der Waals surface area contributed by atoms with E-state index in [1.807, 2.05) is 26.8 Å². The maximum absolute atomic E-state index is 13.8. The van der Waals surface area contributed by atoms with Gasteiger partial charge in [-0.3, -0.25) is 4.79 Å². The summed E-state index contributed by atoms with van der Waals surface area (Å²) in [6.45, 7) is 11.7. The number of carbonyl (C=O) groups is 2. The summed E-state index contributed by atoms with van der Waals surface area (Å²) < 4.78 is 25.4. The number of hydrogen-bond acceptors (Lipinski definition) is 5. The molecule has 1 aromatic carbocycles. The van der Waals surface area contributed by atoms with Crippen LogP contribution in [-0.4, -0.2) is 66.4 Å². The lowest BCUT2D eigenvalue weighted by Gasteiger charge is -2.38. The van der Waals surface area contributed by atoms with E-state index in [0.717, 1.165) is 43.4 Å². The quantitative estimate of drug-likeness (QED) is 0.548. The first kappa shape index (κ1) is 27.7. The highest BCUT2D eigenvalue weighted by Crippen LogP contribution is 2.39. The Morgan fingerprint density at radius 2 is 1.84 bits per heavy atom. The van der Waals surface area contributed by atoms with Crippen LogP contribution < -0.4 is 10.2 Å². The van der Waals surface area contributed by atoms with Crippen LogP contribution in [-0.2, 0) is 20.7 Å². The molecule has 1 unspecified atom stereocenters. The zero-order chi connectivity index (χ0) is 26.7. The average molecular weight is 518 g/mol. The number of benzene rings is 1. The summed E-state index contributed by atoms with van der Waals surface area (Å²) in [6, 6.07) is 4.66. The first-order valence-corrected chi connectivity index (χ1v) is 14.0. The molecular weight excluding hydrogens is 473 g/mol.